The Hall–Kier alpha value is -1.66. The first-order valence-corrected chi connectivity index (χ1v) is 9.01. The Balaban J connectivity index is 1.46. The number of amides is 1. The van der Waals surface area contributed by atoms with E-state index < -0.39 is 0 Å². The van der Waals surface area contributed by atoms with Gasteiger partial charge in [-0.1, -0.05) is 6.92 Å². The smallest absolute Gasteiger partial charge is 0.269 e. The molecule has 2 aliphatic rings. The molecule has 24 heavy (non-hydrogen) atoms. The largest absolute Gasteiger partial charge is 0.379 e. The monoisotopic (exact) mass is 332 g/mol. The fraction of sp³-hybridized carbons (Fsp3) is 0.667. The quantitative estimate of drug-likeness (QED) is 0.883. The molecule has 1 unspecified atom stereocenters. The molecule has 1 aromatic rings. The lowest BCUT2D eigenvalue weighted by Gasteiger charge is -2.32. The second-order valence-corrected chi connectivity index (χ2v) is 6.80. The zero-order valence-corrected chi connectivity index (χ0v) is 14.5. The molecule has 3 rings (SSSR count). The van der Waals surface area contributed by atoms with Gasteiger partial charge in [-0.3, -0.25) is 9.69 Å². The SMILES string of the molecule is CC1CCCN(c2ccc(C(=O)NCCN3CCOCC3)nc2)C1. The zero-order chi connectivity index (χ0) is 16.8. The molecule has 2 saturated heterocycles. The number of pyridine rings is 1. The van der Waals surface area contributed by atoms with Gasteiger partial charge in [0.1, 0.15) is 5.69 Å². The zero-order valence-electron chi connectivity index (χ0n) is 14.5. The predicted molar refractivity (Wildman–Crippen MR) is 94.4 cm³/mol. The van der Waals surface area contributed by atoms with Crippen LogP contribution in [0.4, 0.5) is 5.69 Å². The molecule has 0 saturated carbocycles. The highest BCUT2D eigenvalue weighted by Gasteiger charge is 2.17. The topological polar surface area (TPSA) is 57.7 Å². The van der Waals surface area contributed by atoms with Crippen LogP contribution in [-0.4, -0.2) is 68.3 Å². The molecule has 0 radical (unpaired) electrons. The minimum atomic E-state index is -0.0955. The van der Waals surface area contributed by atoms with Crippen LogP contribution >= 0.6 is 0 Å². The van der Waals surface area contributed by atoms with E-state index in [1.54, 1.807) is 0 Å². The summed E-state index contributed by atoms with van der Waals surface area (Å²) in [6.07, 6.45) is 4.35. The van der Waals surface area contributed by atoms with E-state index in [0.29, 0.717) is 12.2 Å². The lowest BCUT2D eigenvalue weighted by Crippen LogP contribution is -2.41. The molecule has 2 aliphatic heterocycles. The third kappa shape index (κ3) is 4.68. The third-order valence-corrected chi connectivity index (χ3v) is 4.82. The Labute approximate surface area is 144 Å². The Morgan fingerprint density at radius 3 is 2.88 bits per heavy atom. The van der Waals surface area contributed by atoms with Crippen molar-refractivity contribution in [2.24, 2.45) is 5.92 Å². The number of hydrogen-bond donors (Lipinski definition) is 1. The van der Waals surface area contributed by atoms with E-state index >= 15 is 0 Å². The van der Waals surface area contributed by atoms with Gasteiger partial charge >= 0.3 is 0 Å². The Kier molecular flexibility index (Phi) is 6.04. The van der Waals surface area contributed by atoms with Crippen LogP contribution in [0.3, 0.4) is 0 Å². The highest BCUT2D eigenvalue weighted by molar-refractivity contribution is 5.92. The van der Waals surface area contributed by atoms with Crippen molar-refractivity contribution >= 4 is 11.6 Å². The average Bonchev–Trinajstić information content (AvgIpc) is 2.63. The highest BCUT2D eigenvalue weighted by Crippen LogP contribution is 2.22. The van der Waals surface area contributed by atoms with Crippen LogP contribution in [0.25, 0.3) is 0 Å². The van der Waals surface area contributed by atoms with Crippen molar-refractivity contribution in [2.75, 3.05) is 57.4 Å². The summed E-state index contributed by atoms with van der Waals surface area (Å²) >= 11 is 0. The number of carbonyl (C=O) groups excluding carboxylic acids is 1. The van der Waals surface area contributed by atoms with E-state index in [2.05, 4.69) is 27.0 Å². The van der Waals surface area contributed by atoms with Gasteiger partial charge in [-0.15, -0.1) is 0 Å². The van der Waals surface area contributed by atoms with Crippen molar-refractivity contribution in [3.8, 4) is 0 Å². The number of rotatable bonds is 5. The molecule has 0 spiro atoms. The van der Waals surface area contributed by atoms with Gasteiger partial charge in [0.2, 0.25) is 0 Å². The molecule has 6 heteroatoms. The number of morpholine rings is 1. The van der Waals surface area contributed by atoms with Crippen LogP contribution in [0.2, 0.25) is 0 Å². The van der Waals surface area contributed by atoms with Crippen molar-refractivity contribution in [1.29, 1.82) is 0 Å². The molecule has 0 aromatic carbocycles. The molecule has 3 heterocycles. The molecule has 1 amide bonds. The number of anilines is 1. The normalized spacial score (nSPS) is 22.4. The van der Waals surface area contributed by atoms with Crippen LogP contribution in [0.1, 0.15) is 30.3 Å². The Morgan fingerprint density at radius 1 is 1.33 bits per heavy atom. The second-order valence-electron chi connectivity index (χ2n) is 6.80. The van der Waals surface area contributed by atoms with Gasteiger partial charge in [-0.05, 0) is 30.9 Å². The van der Waals surface area contributed by atoms with Gasteiger partial charge in [-0.25, -0.2) is 4.98 Å². The number of aromatic nitrogens is 1. The van der Waals surface area contributed by atoms with Crippen molar-refractivity contribution in [2.45, 2.75) is 19.8 Å². The molecule has 1 atom stereocenters. The first-order valence-electron chi connectivity index (χ1n) is 9.01. The van der Waals surface area contributed by atoms with E-state index in [1.165, 1.54) is 12.8 Å². The van der Waals surface area contributed by atoms with Gasteiger partial charge in [0.25, 0.3) is 5.91 Å². The summed E-state index contributed by atoms with van der Waals surface area (Å²) < 4.78 is 5.32. The number of nitrogens with zero attached hydrogens (tertiary/aromatic N) is 3. The van der Waals surface area contributed by atoms with Crippen molar-refractivity contribution < 1.29 is 9.53 Å². The number of ether oxygens (including phenoxy) is 1. The minimum Gasteiger partial charge on any atom is -0.379 e. The molecular weight excluding hydrogens is 304 g/mol. The lowest BCUT2D eigenvalue weighted by molar-refractivity contribution is 0.0383. The summed E-state index contributed by atoms with van der Waals surface area (Å²) in [4.78, 5) is 21.2. The Morgan fingerprint density at radius 2 is 2.17 bits per heavy atom. The maximum atomic E-state index is 12.2. The minimum absolute atomic E-state index is 0.0955. The van der Waals surface area contributed by atoms with Gasteiger partial charge in [0, 0.05) is 39.3 Å². The summed E-state index contributed by atoms with van der Waals surface area (Å²) in [5, 5.41) is 2.95. The predicted octanol–water partition coefficient (Wildman–Crippen LogP) is 1.38. The van der Waals surface area contributed by atoms with E-state index in [1.807, 2.05) is 18.3 Å². The molecule has 0 aliphatic carbocycles. The van der Waals surface area contributed by atoms with E-state index in [4.69, 9.17) is 4.74 Å². The molecular formula is C18H28N4O2. The number of hydrogen-bond acceptors (Lipinski definition) is 5. The number of carbonyl (C=O) groups is 1. The van der Waals surface area contributed by atoms with Crippen LogP contribution in [0.15, 0.2) is 18.3 Å². The maximum Gasteiger partial charge on any atom is 0.269 e. The summed E-state index contributed by atoms with van der Waals surface area (Å²) in [7, 11) is 0. The molecule has 0 bridgehead atoms. The summed E-state index contributed by atoms with van der Waals surface area (Å²) in [6, 6.07) is 3.85. The van der Waals surface area contributed by atoms with Gasteiger partial charge in [0.05, 0.1) is 25.1 Å². The molecule has 6 nitrogen and oxygen atoms in total. The van der Waals surface area contributed by atoms with Crippen molar-refractivity contribution in [1.82, 2.24) is 15.2 Å². The standard InChI is InChI=1S/C18H28N4O2/c1-15-3-2-7-22(14-15)16-4-5-17(20-13-16)18(23)19-6-8-21-9-11-24-12-10-21/h4-5,13,15H,2-3,6-12,14H2,1H3,(H,19,23). The first-order chi connectivity index (χ1) is 11.7. The average molecular weight is 332 g/mol. The lowest BCUT2D eigenvalue weighted by atomic mass is 10.00. The van der Waals surface area contributed by atoms with Crippen LogP contribution in [-0.2, 0) is 4.74 Å². The van der Waals surface area contributed by atoms with E-state index in [-0.39, 0.29) is 5.91 Å². The molecule has 2 fully saturated rings. The van der Waals surface area contributed by atoms with Crippen molar-refractivity contribution in [3.05, 3.63) is 24.0 Å². The fourth-order valence-corrected chi connectivity index (χ4v) is 3.37. The van der Waals surface area contributed by atoms with E-state index in [0.717, 1.165) is 57.5 Å². The highest BCUT2D eigenvalue weighted by atomic mass is 16.5. The molecule has 132 valence electrons. The number of piperidine rings is 1. The summed E-state index contributed by atoms with van der Waals surface area (Å²) in [5.41, 5.74) is 1.61. The Bertz CT molecular complexity index is 528. The summed E-state index contributed by atoms with van der Waals surface area (Å²) in [5.74, 6) is 0.628. The third-order valence-electron chi connectivity index (χ3n) is 4.82. The van der Waals surface area contributed by atoms with Crippen LogP contribution in [0.5, 0.6) is 0 Å². The molecule has 1 aromatic heterocycles. The van der Waals surface area contributed by atoms with E-state index in [9.17, 15) is 4.79 Å². The molecule has 1 N–H and O–H groups in total. The van der Waals surface area contributed by atoms with Gasteiger partial charge < -0.3 is 15.0 Å². The van der Waals surface area contributed by atoms with Gasteiger partial charge in [0.15, 0.2) is 0 Å². The summed E-state index contributed by atoms with van der Waals surface area (Å²) in [6.45, 7) is 9.40. The second kappa shape index (κ2) is 8.44. The van der Waals surface area contributed by atoms with Crippen molar-refractivity contribution in [3.63, 3.8) is 0 Å². The van der Waals surface area contributed by atoms with Crippen LogP contribution < -0.4 is 10.2 Å². The number of nitrogens with one attached hydrogen (secondary N) is 1. The van der Waals surface area contributed by atoms with Gasteiger partial charge in [-0.2, -0.15) is 0 Å². The van der Waals surface area contributed by atoms with Crippen LogP contribution in [0, 0.1) is 5.92 Å². The first kappa shape index (κ1) is 17.2. The maximum absolute atomic E-state index is 12.2. The fourth-order valence-electron chi connectivity index (χ4n) is 3.37.